The Morgan fingerprint density at radius 1 is 1.30 bits per heavy atom. The number of hydrogen-bond acceptors (Lipinski definition) is 6. The highest BCUT2D eigenvalue weighted by atomic mass is 32.2. The first-order chi connectivity index (χ1) is 10.8. The molecule has 2 aliphatic rings. The predicted octanol–water partition coefficient (Wildman–Crippen LogP) is 1.28. The molecule has 2 heterocycles. The number of fused-ring (bicyclic) bond motifs is 2. The Morgan fingerprint density at radius 3 is 2.43 bits per heavy atom. The van der Waals surface area contributed by atoms with Gasteiger partial charge in [0, 0.05) is 24.2 Å². The van der Waals surface area contributed by atoms with E-state index in [9.17, 15) is 18.5 Å². The number of nitrogens with zero attached hydrogens (tertiary/aromatic N) is 2. The van der Waals surface area contributed by atoms with Crippen molar-refractivity contribution < 1.29 is 13.3 Å². The second-order valence-electron chi connectivity index (χ2n) is 6.34. The minimum atomic E-state index is -3.96. The number of nitro benzene ring substituents is 1. The van der Waals surface area contributed by atoms with E-state index in [1.807, 2.05) is 0 Å². The maximum absolute atomic E-state index is 11.4. The zero-order valence-electron chi connectivity index (χ0n) is 12.8. The lowest BCUT2D eigenvalue weighted by Gasteiger charge is -2.36. The second kappa shape index (κ2) is 5.73. The molecule has 0 amide bonds. The van der Waals surface area contributed by atoms with Crippen LogP contribution in [0.15, 0.2) is 23.1 Å². The van der Waals surface area contributed by atoms with E-state index in [0.29, 0.717) is 17.8 Å². The van der Waals surface area contributed by atoms with Crippen LogP contribution in [0.2, 0.25) is 0 Å². The number of nitrogens with one attached hydrogen (secondary N) is 1. The average molecular weight is 340 g/mol. The van der Waals surface area contributed by atoms with Crippen LogP contribution in [-0.2, 0) is 10.0 Å². The van der Waals surface area contributed by atoms with Crippen LogP contribution < -0.4 is 10.5 Å². The summed E-state index contributed by atoms with van der Waals surface area (Å²) in [6, 6.07) is 4.92. The average Bonchev–Trinajstić information content (AvgIpc) is 2.69. The molecular formula is C14H20N4O4S. The number of sulfonamides is 1. The zero-order chi connectivity index (χ0) is 16.8. The Hall–Kier alpha value is -1.71. The molecule has 9 heteroatoms. The van der Waals surface area contributed by atoms with Crippen molar-refractivity contribution in [1.82, 2.24) is 4.90 Å². The van der Waals surface area contributed by atoms with E-state index in [0.717, 1.165) is 31.7 Å². The van der Waals surface area contributed by atoms with Crippen molar-refractivity contribution in [3.05, 3.63) is 28.3 Å². The highest BCUT2D eigenvalue weighted by Crippen LogP contribution is 2.37. The first-order valence-electron chi connectivity index (χ1n) is 7.55. The van der Waals surface area contributed by atoms with Crippen LogP contribution in [0.4, 0.5) is 11.4 Å². The Bertz CT molecular complexity index is 722. The molecule has 1 aromatic rings. The number of rotatable bonds is 4. The van der Waals surface area contributed by atoms with Gasteiger partial charge in [-0.2, -0.15) is 0 Å². The third-order valence-electron chi connectivity index (χ3n) is 4.95. The zero-order valence-corrected chi connectivity index (χ0v) is 13.6. The number of hydrogen-bond donors (Lipinski definition) is 2. The van der Waals surface area contributed by atoms with E-state index in [4.69, 9.17) is 5.14 Å². The molecule has 2 saturated heterocycles. The fourth-order valence-electron chi connectivity index (χ4n) is 3.71. The van der Waals surface area contributed by atoms with Crippen molar-refractivity contribution in [2.24, 2.45) is 5.14 Å². The predicted molar refractivity (Wildman–Crippen MR) is 85.7 cm³/mol. The van der Waals surface area contributed by atoms with Crippen molar-refractivity contribution in [2.45, 2.75) is 48.7 Å². The summed E-state index contributed by atoms with van der Waals surface area (Å²) in [5.41, 5.74) is 0.0825. The summed E-state index contributed by atoms with van der Waals surface area (Å²) in [4.78, 5) is 12.8. The summed E-state index contributed by atoms with van der Waals surface area (Å²) in [5.74, 6) is 0. The molecule has 8 nitrogen and oxygen atoms in total. The number of benzene rings is 1. The van der Waals surface area contributed by atoms with Crippen LogP contribution in [0.1, 0.15) is 25.7 Å². The van der Waals surface area contributed by atoms with E-state index >= 15 is 0 Å². The lowest BCUT2D eigenvalue weighted by Crippen LogP contribution is -2.44. The van der Waals surface area contributed by atoms with Gasteiger partial charge in [0.25, 0.3) is 5.69 Å². The Morgan fingerprint density at radius 2 is 1.91 bits per heavy atom. The molecule has 3 N–H and O–H groups in total. The molecule has 0 aliphatic carbocycles. The van der Waals surface area contributed by atoms with Gasteiger partial charge in [-0.1, -0.05) is 0 Å². The first kappa shape index (κ1) is 16.2. The molecule has 2 bridgehead atoms. The summed E-state index contributed by atoms with van der Waals surface area (Å²) < 4.78 is 22.7. The largest absolute Gasteiger partial charge is 0.377 e. The molecule has 0 radical (unpaired) electrons. The van der Waals surface area contributed by atoms with Gasteiger partial charge in [-0.05, 0) is 44.9 Å². The van der Waals surface area contributed by atoms with Gasteiger partial charge in [0.2, 0.25) is 10.0 Å². The topological polar surface area (TPSA) is 119 Å². The smallest absolute Gasteiger partial charge is 0.293 e. The Balaban J connectivity index is 1.84. The molecule has 0 aromatic heterocycles. The second-order valence-corrected chi connectivity index (χ2v) is 7.91. The normalized spacial score (nSPS) is 27.8. The van der Waals surface area contributed by atoms with Crippen molar-refractivity contribution in [3.8, 4) is 0 Å². The van der Waals surface area contributed by atoms with Gasteiger partial charge in [-0.3, -0.25) is 10.1 Å². The van der Waals surface area contributed by atoms with Gasteiger partial charge >= 0.3 is 0 Å². The summed E-state index contributed by atoms with van der Waals surface area (Å²) in [6.45, 7) is 0. The van der Waals surface area contributed by atoms with Crippen LogP contribution in [0.3, 0.4) is 0 Å². The number of primary sulfonamides is 1. The van der Waals surface area contributed by atoms with E-state index in [1.54, 1.807) is 0 Å². The van der Waals surface area contributed by atoms with Gasteiger partial charge in [-0.15, -0.1) is 0 Å². The lowest BCUT2D eigenvalue weighted by atomic mass is 9.97. The van der Waals surface area contributed by atoms with E-state index < -0.39 is 14.9 Å². The van der Waals surface area contributed by atoms with Crippen molar-refractivity contribution in [1.29, 1.82) is 0 Å². The minimum Gasteiger partial charge on any atom is -0.377 e. The highest BCUT2D eigenvalue weighted by Gasteiger charge is 2.38. The quantitative estimate of drug-likeness (QED) is 0.629. The first-order valence-corrected chi connectivity index (χ1v) is 9.10. The van der Waals surface area contributed by atoms with Crippen molar-refractivity contribution in [3.63, 3.8) is 0 Å². The third-order valence-corrected chi connectivity index (χ3v) is 5.86. The van der Waals surface area contributed by atoms with Gasteiger partial charge in [-0.25, -0.2) is 13.6 Å². The highest BCUT2D eigenvalue weighted by molar-refractivity contribution is 7.89. The van der Waals surface area contributed by atoms with Crippen LogP contribution in [0.25, 0.3) is 0 Å². The Kier molecular flexibility index (Phi) is 4.03. The minimum absolute atomic E-state index is 0.155. The fourth-order valence-corrected chi connectivity index (χ4v) is 4.24. The van der Waals surface area contributed by atoms with Crippen LogP contribution in [0, 0.1) is 10.1 Å². The standard InChI is InChI=1S/C14H20N4O4S/c1-17-10-2-3-11(17)7-9(6-10)16-13-5-4-12(23(15,21)22)8-14(13)18(19)20/h4-5,8-11,16H,2-3,6-7H2,1H3,(H2,15,21,22)/t9-,10+,11-. The van der Waals surface area contributed by atoms with E-state index in [2.05, 4.69) is 17.3 Å². The van der Waals surface area contributed by atoms with Crippen LogP contribution >= 0.6 is 0 Å². The van der Waals surface area contributed by atoms with Crippen molar-refractivity contribution >= 4 is 21.4 Å². The fraction of sp³-hybridized carbons (Fsp3) is 0.571. The number of nitro groups is 1. The molecule has 0 unspecified atom stereocenters. The molecule has 3 rings (SSSR count). The molecule has 3 atom stereocenters. The third kappa shape index (κ3) is 3.17. The molecule has 0 spiro atoms. The maximum atomic E-state index is 11.4. The van der Waals surface area contributed by atoms with Crippen molar-refractivity contribution in [2.75, 3.05) is 12.4 Å². The number of anilines is 1. The SMILES string of the molecule is CN1[C@@H]2CC[C@H]1C[C@@H](Nc1ccc(S(N)(=O)=O)cc1[N+](=O)[O-])C2. The van der Waals surface area contributed by atoms with E-state index in [-0.39, 0.29) is 16.6 Å². The molecule has 0 saturated carbocycles. The number of piperidine rings is 1. The molecule has 23 heavy (non-hydrogen) atoms. The van der Waals surface area contributed by atoms with Crippen LogP contribution in [-0.4, -0.2) is 43.4 Å². The van der Waals surface area contributed by atoms with Gasteiger partial charge in [0.15, 0.2) is 0 Å². The summed E-state index contributed by atoms with van der Waals surface area (Å²) >= 11 is 0. The van der Waals surface area contributed by atoms with Gasteiger partial charge < -0.3 is 10.2 Å². The molecule has 126 valence electrons. The summed E-state index contributed by atoms with van der Waals surface area (Å²) in [6.07, 6.45) is 4.18. The number of nitrogens with two attached hydrogens (primary N) is 1. The van der Waals surface area contributed by atoms with Gasteiger partial charge in [0.05, 0.1) is 9.82 Å². The molecule has 2 aliphatic heterocycles. The monoisotopic (exact) mass is 340 g/mol. The summed E-state index contributed by atoms with van der Waals surface area (Å²) in [7, 11) is -1.84. The van der Waals surface area contributed by atoms with Gasteiger partial charge in [0.1, 0.15) is 5.69 Å². The molecule has 1 aromatic carbocycles. The lowest BCUT2D eigenvalue weighted by molar-refractivity contribution is -0.384. The molecular weight excluding hydrogens is 320 g/mol. The van der Waals surface area contributed by atoms with E-state index in [1.165, 1.54) is 12.1 Å². The molecule has 2 fully saturated rings. The van der Waals surface area contributed by atoms with Crippen LogP contribution in [0.5, 0.6) is 0 Å². The maximum Gasteiger partial charge on any atom is 0.293 e. The Labute approximate surface area is 134 Å². The summed E-state index contributed by atoms with van der Waals surface area (Å²) in [5, 5.41) is 19.5.